The van der Waals surface area contributed by atoms with Gasteiger partial charge in [0.15, 0.2) is 4.47 Å². The number of hydrogen-bond donors (Lipinski definition) is 0. The third-order valence-corrected chi connectivity index (χ3v) is 3.60. The first-order valence-corrected chi connectivity index (χ1v) is 6.39. The fourth-order valence-corrected chi connectivity index (χ4v) is 2.54. The molecule has 6 heteroatoms. The largest absolute Gasteiger partial charge is 0.333 e. The topological polar surface area (TPSA) is 33.2 Å². The molecule has 2 rings (SSSR count). The Labute approximate surface area is 102 Å². The summed E-state index contributed by atoms with van der Waals surface area (Å²) in [6.07, 6.45) is 3.87. The Morgan fingerprint density at radius 1 is 1.67 bits per heavy atom. The second kappa shape index (κ2) is 4.68. The van der Waals surface area contributed by atoms with E-state index in [1.54, 1.807) is 6.20 Å². The van der Waals surface area contributed by atoms with Gasteiger partial charge in [0.2, 0.25) is 5.91 Å². The Bertz CT molecular complexity index is 365. The van der Waals surface area contributed by atoms with Crippen LogP contribution in [0.3, 0.4) is 0 Å². The van der Waals surface area contributed by atoms with Crippen LogP contribution in [0.25, 0.3) is 0 Å². The average molecular weight is 265 g/mol. The molecule has 1 aliphatic carbocycles. The van der Waals surface area contributed by atoms with E-state index in [2.05, 4.69) is 4.98 Å². The normalized spacial score (nSPS) is 15.3. The van der Waals surface area contributed by atoms with Gasteiger partial charge >= 0.3 is 0 Å². The van der Waals surface area contributed by atoms with E-state index in [1.165, 1.54) is 11.3 Å². The number of halogens is 2. The molecule has 0 unspecified atom stereocenters. The quantitative estimate of drug-likeness (QED) is 0.784. The molecule has 15 heavy (non-hydrogen) atoms. The van der Waals surface area contributed by atoms with Crippen LogP contribution >= 0.6 is 34.5 Å². The van der Waals surface area contributed by atoms with E-state index in [4.69, 9.17) is 23.2 Å². The average Bonchev–Trinajstić information content (AvgIpc) is 2.98. The maximum absolute atomic E-state index is 11.5. The number of carbonyl (C=O) groups is 1. The number of carbonyl (C=O) groups excluding carboxylic acids is 1. The smallest absolute Gasteiger partial charge is 0.238 e. The highest BCUT2D eigenvalue weighted by atomic mass is 35.5. The van der Waals surface area contributed by atoms with Gasteiger partial charge in [-0.1, -0.05) is 11.6 Å². The lowest BCUT2D eigenvalue weighted by atomic mass is 10.4. The van der Waals surface area contributed by atoms with Crippen LogP contribution in [0.4, 0.5) is 0 Å². The summed E-state index contributed by atoms with van der Waals surface area (Å²) < 4.78 is 0.513. The second-order valence-corrected chi connectivity index (χ2v) is 5.43. The molecule has 1 aliphatic rings. The Morgan fingerprint density at radius 2 is 2.40 bits per heavy atom. The van der Waals surface area contributed by atoms with Crippen molar-refractivity contribution in [3.63, 3.8) is 0 Å². The molecule has 0 N–H and O–H groups in total. The van der Waals surface area contributed by atoms with E-state index in [9.17, 15) is 4.79 Å². The zero-order chi connectivity index (χ0) is 10.8. The summed E-state index contributed by atoms with van der Waals surface area (Å²) in [6, 6.07) is 0.372. The SMILES string of the molecule is O=C(CCl)N(Cc1cnc(Cl)s1)C1CC1. The number of rotatable bonds is 4. The third-order valence-electron chi connectivity index (χ3n) is 2.27. The third kappa shape index (κ3) is 2.83. The first-order chi connectivity index (χ1) is 7.20. The van der Waals surface area contributed by atoms with Crippen LogP contribution in [0.15, 0.2) is 6.20 Å². The molecule has 0 spiro atoms. The molecule has 0 radical (unpaired) electrons. The van der Waals surface area contributed by atoms with Gasteiger partial charge in [0.05, 0.1) is 6.54 Å². The standard InChI is InChI=1S/C9H10Cl2N2OS/c10-3-8(14)13(6-1-2-6)5-7-4-12-9(11)15-7/h4,6H,1-3,5H2. The van der Waals surface area contributed by atoms with Gasteiger partial charge in [0.1, 0.15) is 5.88 Å². The molecule has 1 aromatic heterocycles. The number of thiazole rings is 1. The zero-order valence-corrected chi connectivity index (χ0v) is 10.3. The first kappa shape index (κ1) is 11.2. The zero-order valence-electron chi connectivity index (χ0n) is 7.95. The van der Waals surface area contributed by atoms with Crippen LogP contribution in [0.1, 0.15) is 17.7 Å². The van der Waals surface area contributed by atoms with Crippen LogP contribution in [0.5, 0.6) is 0 Å². The van der Waals surface area contributed by atoms with Gasteiger partial charge in [-0.3, -0.25) is 4.79 Å². The molecule has 1 amide bonds. The molecule has 1 heterocycles. The van der Waals surface area contributed by atoms with Crippen LogP contribution in [-0.2, 0) is 11.3 Å². The number of hydrogen-bond acceptors (Lipinski definition) is 3. The van der Waals surface area contributed by atoms with Crippen molar-refractivity contribution in [2.45, 2.75) is 25.4 Å². The van der Waals surface area contributed by atoms with Gasteiger partial charge in [0.25, 0.3) is 0 Å². The summed E-state index contributed by atoms with van der Waals surface area (Å²) in [6.45, 7) is 0.584. The van der Waals surface area contributed by atoms with Crippen molar-refractivity contribution in [3.8, 4) is 0 Å². The van der Waals surface area contributed by atoms with Crippen LogP contribution < -0.4 is 0 Å². The van der Waals surface area contributed by atoms with Gasteiger partial charge in [-0.25, -0.2) is 4.98 Å². The Hall–Kier alpha value is -0.320. The predicted molar refractivity (Wildman–Crippen MR) is 61.4 cm³/mol. The van der Waals surface area contributed by atoms with E-state index in [1.807, 2.05) is 4.90 Å². The summed E-state index contributed by atoms with van der Waals surface area (Å²) in [5, 5.41) is 0. The Balaban J connectivity index is 2.03. The molecular weight excluding hydrogens is 255 g/mol. The molecule has 0 aromatic carbocycles. The molecule has 1 saturated carbocycles. The maximum Gasteiger partial charge on any atom is 0.238 e. The molecule has 0 aliphatic heterocycles. The van der Waals surface area contributed by atoms with Crippen LogP contribution in [-0.4, -0.2) is 27.7 Å². The Kier molecular flexibility index (Phi) is 3.49. The van der Waals surface area contributed by atoms with Crippen molar-refractivity contribution in [3.05, 3.63) is 15.5 Å². The van der Waals surface area contributed by atoms with Crippen LogP contribution in [0, 0.1) is 0 Å². The summed E-state index contributed by atoms with van der Waals surface area (Å²) in [5.41, 5.74) is 0. The van der Waals surface area contributed by atoms with Gasteiger partial charge in [0, 0.05) is 17.1 Å². The first-order valence-electron chi connectivity index (χ1n) is 4.66. The van der Waals surface area contributed by atoms with E-state index in [-0.39, 0.29) is 11.8 Å². The highest BCUT2D eigenvalue weighted by Crippen LogP contribution is 2.30. The molecule has 0 saturated heterocycles. The minimum atomic E-state index is -0.0105. The molecule has 3 nitrogen and oxygen atoms in total. The van der Waals surface area contributed by atoms with Crippen molar-refractivity contribution >= 4 is 40.4 Å². The van der Waals surface area contributed by atoms with E-state index in [0.717, 1.165) is 17.7 Å². The second-order valence-electron chi connectivity index (χ2n) is 3.47. The fraction of sp³-hybridized carbons (Fsp3) is 0.556. The van der Waals surface area contributed by atoms with E-state index in [0.29, 0.717) is 17.1 Å². The number of amides is 1. The predicted octanol–water partition coefficient (Wildman–Crippen LogP) is 2.53. The lowest BCUT2D eigenvalue weighted by Crippen LogP contribution is -2.33. The lowest BCUT2D eigenvalue weighted by molar-refractivity contribution is -0.129. The molecular formula is C9H10Cl2N2OS. The monoisotopic (exact) mass is 264 g/mol. The van der Waals surface area contributed by atoms with Crippen molar-refractivity contribution in [1.29, 1.82) is 0 Å². The Morgan fingerprint density at radius 3 is 2.87 bits per heavy atom. The summed E-state index contributed by atoms with van der Waals surface area (Å²) >= 11 is 12.7. The van der Waals surface area contributed by atoms with E-state index >= 15 is 0 Å². The number of nitrogens with zero attached hydrogens (tertiary/aromatic N) is 2. The van der Waals surface area contributed by atoms with Gasteiger partial charge in [-0.15, -0.1) is 22.9 Å². The summed E-state index contributed by atoms with van der Waals surface area (Å²) in [4.78, 5) is 18.3. The molecule has 1 aromatic rings. The van der Waals surface area contributed by atoms with E-state index < -0.39 is 0 Å². The highest BCUT2D eigenvalue weighted by molar-refractivity contribution is 7.15. The van der Waals surface area contributed by atoms with Crippen molar-refractivity contribution in [2.24, 2.45) is 0 Å². The molecule has 0 atom stereocenters. The minimum absolute atomic E-state index is 0.0105. The van der Waals surface area contributed by atoms with Gasteiger partial charge in [-0.05, 0) is 12.8 Å². The van der Waals surface area contributed by atoms with Gasteiger partial charge in [-0.2, -0.15) is 0 Å². The molecule has 0 bridgehead atoms. The number of alkyl halides is 1. The maximum atomic E-state index is 11.5. The number of aromatic nitrogens is 1. The highest BCUT2D eigenvalue weighted by Gasteiger charge is 2.32. The van der Waals surface area contributed by atoms with Crippen molar-refractivity contribution in [1.82, 2.24) is 9.88 Å². The summed E-state index contributed by atoms with van der Waals surface area (Å²) in [7, 11) is 0. The minimum Gasteiger partial charge on any atom is -0.333 e. The lowest BCUT2D eigenvalue weighted by Gasteiger charge is -2.20. The summed E-state index contributed by atoms with van der Waals surface area (Å²) in [5.74, 6) is 0.0342. The van der Waals surface area contributed by atoms with Gasteiger partial charge < -0.3 is 4.90 Å². The molecule has 1 fully saturated rings. The van der Waals surface area contributed by atoms with Crippen molar-refractivity contribution in [2.75, 3.05) is 5.88 Å². The fourth-order valence-electron chi connectivity index (χ4n) is 1.41. The molecule has 82 valence electrons. The van der Waals surface area contributed by atoms with Crippen LogP contribution in [0.2, 0.25) is 4.47 Å². The van der Waals surface area contributed by atoms with Crippen molar-refractivity contribution < 1.29 is 4.79 Å².